The van der Waals surface area contributed by atoms with Crippen LogP contribution in [0.4, 0.5) is 0 Å². The van der Waals surface area contributed by atoms with E-state index in [1.54, 1.807) is 11.3 Å². The maximum absolute atomic E-state index is 2.22. The van der Waals surface area contributed by atoms with E-state index in [-0.39, 0.29) is 0 Å². The van der Waals surface area contributed by atoms with Crippen LogP contribution < -0.4 is 0 Å². The van der Waals surface area contributed by atoms with Crippen LogP contribution in [0.1, 0.15) is 18.7 Å². The van der Waals surface area contributed by atoms with Crippen molar-refractivity contribution in [2.24, 2.45) is 0 Å². The van der Waals surface area contributed by atoms with Gasteiger partial charge in [0, 0.05) is 4.88 Å². The van der Waals surface area contributed by atoms with E-state index in [0.29, 0.717) is 0 Å². The summed E-state index contributed by atoms with van der Waals surface area (Å²) in [5.41, 5.74) is 2.64. The van der Waals surface area contributed by atoms with Crippen LogP contribution in [0.2, 0.25) is 0 Å². The molecule has 1 aromatic carbocycles. The predicted molar refractivity (Wildman–Crippen MR) is 65.8 cm³/mol. The molecule has 74 valence electrons. The lowest BCUT2D eigenvalue weighted by atomic mass is 10.1. The molecule has 0 bridgehead atoms. The Hall–Kier alpha value is -1.08. The van der Waals surface area contributed by atoms with Gasteiger partial charge in [0.1, 0.15) is 0 Å². The van der Waals surface area contributed by atoms with Crippen molar-refractivity contribution < 1.29 is 0 Å². The van der Waals surface area contributed by atoms with Crippen LogP contribution >= 0.6 is 11.3 Å². The van der Waals surface area contributed by atoms with E-state index in [1.807, 2.05) is 19.9 Å². The number of aryl methyl sites for hydroxylation is 1. The van der Waals surface area contributed by atoms with Crippen molar-refractivity contribution in [3.05, 3.63) is 46.7 Å². The number of hydrogen-bond donors (Lipinski definition) is 0. The minimum atomic E-state index is 1.31. The molecule has 1 aromatic heterocycles. The van der Waals surface area contributed by atoms with Crippen molar-refractivity contribution in [1.82, 2.24) is 0 Å². The molecule has 0 nitrogen and oxygen atoms in total. The molecule has 1 heterocycles. The van der Waals surface area contributed by atoms with Crippen LogP contribution in [0.3, 0.4) is 0 Å². The van der Waals surface area contributed by atoms with Crippen LogP contribution in [-0.4, -0.2) is 0 Å². The van der Waals surface area contributed by atoms with Gasteiger partial charge in [-0.05, 0) is 29.5 Å². The maximum atomic E-state index is 2.22. The summed E-state index contributed by atoms with van der Waals surface area (Å²) in [5.74, 6) is 0. The van der Waals surface area contributed by atoms with Crippen LogP contribution in [0.15, 0.2) is 41.8 Å². The first kappa shape index (κ1) is 11.0. The monoisotopic (exact) mass is 204 g/mol. The minimum absolute atomic E-state index is 1.31. The first-order valence-corrected chi connectivity index (χ1v) is 5.85. The molecule has 0 saturated heterocycles. The second-order valence-corrected chi connectivity index (χ2v) is 3.93. The molecular weight excluding hydrogens is 188 g/mol. The lowest BCUT2D eigenvalue weighted by Crippen LogP contribution is -1.69. The third-order valence-corrected chi connectivity index (χ3v) is 2.70. The summed E-state index contributed by atoms with van der Waals surface area (Å²) in [6.45, 7) is 6.14. The normalized spacial score (nSPS) is 9.07. The van der Waals surface area contributed by atoms with Gasteiger partial charge in [-0.1, -0.05) is 44.2 Å². The first-order chi connectivity index (χ1) is 6.86. The Morgan fingerprint density at radius 1 is 0.929 bits per heavy atom. The van der Waals surface area contributed by atoms with Crippen molar-refractivity contribution in [2.45, 2.75) is 20.8 Å². The molecule has 0 unspecified atom stereocenters. The number of thiophene rings is 1. The number of rotatable bonds is 1. The summed E-state index contributed by atoms with van der Waals surface area (Å²) < 4.78 is 0. The molecule has 0 amide bonds. The van der Waals surface area contributed by atoms with Crippen LogP contribution in [0, 0.1) is 6.92 Å². The van der Waals surface area contributed by atoms with Crippen molar-refractivity contribution in [3.8, 4) is 11.1 Å². The first-order valence-electron chi connectivity index (χ1n) is 4.97. The largest absolute Gasteiger partial charge is 0.149 e. The zero-order valence-corrected chi connectivity index (χ0v) is 9.77. The van der Waals surface area contributed by atoms with Crippen molar-refractivity contribution in [3.63, 3.8) is 0 Å². The van der Waals surface area contributed by atoms with Crippen LogP contribution in [0.25, 0.3) is 11.1 Å². The molecule has 2 rings (SSSR count). The zero-order chi connectivity index (χ0) is 10.4. The summed E-state index contributed by atoms with van der Waals surface area (Å²) in [5, 5.41) is 2.20. The SMILES string of the molecule is CC.Cc1cc(-c2ccccc2)cs1. The summed E-state index contributed by atoms with van der Waals surface area (Å²) in [6.07, 6.45) is 0. The van der Waals surface area contributed by atoms with Gasteiger partial charge in [-0.2, -0.15) is 0 Å². The fraction of sp³-hybridized carbons (Fsp3) is 0.231. The highest BCUT2D eigenvalue weighted by Gasteiger charge is 1.97. The van der Waals surface area contributed by atoms with Gasteiger partial charge >= 0.3 is 0 Å². The molecule has 0 fully saturated rings. The number of hydrogen-bond acceptors (Lipinski definition) is 1. The van der Waals surface area contributed by atoms with Crippen LogP contribution in [-0.2, 0) is 0 Å². The van der Waals surface area contributed by atoms with E-state index < -0.39 is 0 Å². The Morgan fingerprint density at radius 2 is 1.57 bits per heavy atom. The molecule has 0 radical (unpaired) electrons. The van der Waals surface area contributed by atoms with Crippen molar-refractivity contribution in [2.75, 3.05) is 0 Å². The maximum Gasteiger partial charge on any atom is 0.00205 e. The fourth-order valence-electron chi connectivity index (χ4n) is 1.23. The van der Waals surface area contributed by atoms with Gasteiger partial charge in [-0.25, -0.2) is 0 Å². The van der Waals surface area contributed by atoms with Crippen molar-refractivity contribution in [1.29, 1.82) is 0 Å². The Morgan fingerprint density at radius 3 is 2.07 bits per heavy atom. The predicted octanol–water partition coefficient (Wildman–Crippen LogP) is 4.75. The van der Waals surface area contributed by atoms with Gasteiger partial charge in [0.25, 0.3) is 0 Å². The molecular formula is C13H16S. The summed E-state index contributed by atoms with van der Waals surface area (Å²) >= 11 is 1.80. The third kappa shape index (κ3) is 2.71. The lowest BCUT2D eigenvalue weighted by molar-refractivity contribution is 1.50. The average Bonchev–Trinajstić information content (AvgIpc) is 2.69. The summed E-state index contributed by atoms with van der Waals surface area (Å²) in [4.78, 5) is 1.37. The van der Waals surface area contributed by atoms with Crippen molar-refractivity contribution >= 4 is 11.3 Å². The number of benzene rings is 1. The van der Waals surface area contributed by atoms with Gasteiger partial charge in [0.05, 0.1) is 0 Å². The van der Waals surface area contributed by atoms with E-state index in [2.05, 4.69) is 42.6 Å². The van der Waals surface area contributed by atoms with Gasteiger partial charge in [-0.3, -0.25) is 0 Å². The van der Waals surface area contributed by atoms with E-state index in [0.717, 1.165) is 0 Å². The highest BCUT2D eigenvalue weighted by molar-refractivity contribution is 7.10. The lowest BCUT2D eigenvalue weighted by Gasteiger charge is -1.94. The standard InChI is InChI=1S/C11H10S.C2H6/c1-9-7-11(8-12-9)10-5-3-2-4-6-10;1-2/h2-8H,1H3;1-2H3. The summed E-state index contributed by atoms with van der Waals surface area (Å²) in [7, 11) is 0. The smallest absolute Gasteiger partial charge is 0.00205 e. The fourth-order valence-corrected chi connectivity index (χ4v) is 1.94. The Kier molecular flexibility index (Phi) is 4.41. The second-order valence-electron chi connectivity index (χ2n) is 2.81. The minimum Gasteiger partial charge on any atom is -0.149 e. The topological polar surface area (TPSA) is 0 Å². The molecule has 0 aliphatic heterocycles. The second kappa shape index (κ2) is 5.61. The van der Waals surface area contributed by atoms with E-state index in [9.17, 15) is 0 Å². The van der Waals surface area contributed by atoms with E-state index in [1.165, 1.54) is 16.0 Å². The molecule has 0 N–H and O–H groups in total. The molecule has 2 aromatic rings. The Bertz CT molecular complexity index is 360. The van der Waals surface area contributed by atoms with Gasteiger partial charge in [-0.15, -0.1) is 11.3 Å². The molecule has 0 atom stereocenters. The molecule has 14 heavy (non-hydrogen) atoms. The summed E-state index contributed by atoms with van der Waals surface area (Å²) in [6, 6.07) is 12.7. The van der Waals surface area contributed by atoms with E-state index >= 15 is 0 Å². The third-order valence-electron chi connectivity index (χ3n) is 1.84. The molecule has 0 aliphatic rings. The average molecular weight is 204 g/mol. The Labute approximate surface area is 90.2 Å². The highest BCUT2D eigenvalue weighted by Crippen LogP contribution is 2.24. The van der Waals surface area contributed by atoms with Gasteiger partial charge < -0.3 is 0 Å². The van der Waals surface area contributed by atoms with Gasteiger partial charge in [0.15, 0.2) is 0 Å². The molecule has 0 saturated carbocycles. The van der Waals surface area contributed by atoms with Crippen LogP contribution in [0.5, 0.6) is 0 Å². The molecule has 0 aliphatic carbocycles. The Balaban J connectivity index is 0.000000461. The zero-order valence-electron chi connectivity index (χ0n) is 8.95. The molecule has 1 heteroatoms. The van der Waals surface area contributed by atoms with Gasteiger partial charge in [0.2, 0.25) is 0 Å². The molecule has 0 spiro atoms. The van der Waals surface area contributed by atoms with E-state index in [4.69, 9.17) is 0 Å². The quantitative estimate of drug-likeness (QED) is 0.629. The highest BCUT2D eigenvalue weighted by atomic mass is 32.1.